The summed E-state index contributed by atoms with van der Waals surface area (Å²) in [5.41, 5.74) is 4.51. The van der Waals surface area contributed by atoms with Crippen LogP contribution in [0, 0.1) is 6.92 Å². The van der Waals surface area contributed by atoms with E-state index in [1.165, 1.54) is 34.9 Å². The summed E-state index contributed by atoms with van der Waals surface area (Å²) in [7, 11) is 0. The molecule has 0 saturated carbocycles. The van der Waals surface area contributed by atoms with Crippen LogP contribution in [0.4, 0.5) is 23.7 Å². The van der Waals surface area contributed by atoms with Gasteiger partial charge in [-0.2, -0.15) is 18.2 Å². The minimum absolute atomic E-state index is 0.0895. The topological polar surface area (TPSA) is 92.5 Å². The number of hydrogen-bond acceptors (Lipinski definition) is 5. The maximum Gasteiger partial charge on any atom is 0.416 e. The first-order valence-corrected chi connectivity index (χ1v) is 15.6. The molecule has 4 aromatic rings. The highest BCUT2D eigenvalue weighted by molar-refractivity contribution is 8.15. The number of alkyl halides is 3. The quantitative estimate of drug-likeness (QED) is 0.192. The Labute approximate surface area is 263 Å². The van der Waals surface area contributed by atoms with Crippen molar-refractivity contribution in [2.45, 2.75) is 52.1 Å². The molecule has 1 aliphatic heterocycles. The Bertz CT molecular complexity index is 1700. The highest BCUT2D eigenvalue weighted by Crippen LogP contribution is 2.34. The van der Waals surface area contributed by atoms with E-state index >= 15 is 0 Å². The molecule has 0 spiro atoms. The van der Waals surface area contributed by atoms with Gasteiger partial charge in [0.25, 0.3) is 0 Å². The van der Waals surface area contributed by atoms with E-state index in [0.29, 0.717) is 23.2 Å². The molecule has 0 radical (unpaired) electrons. The Kier molecular flexibility index (Phi) is 9.71. The maximum absolute atomic E-state index is 12.8. The lowest BCUT2D eigenvalue weighted by molar-refractivity contribution is -0.137. The third kappa shape index (κ3) is 7.80. The molecule has 0 unspecified atom stereocenters. The van der Waals surface area contributed by atoms with Gasteiger partial charge in [-0.25, -0.2) is 14.5 Å². The zero-order valence-electron chi connectivity index (χ0n) is 25.1. The summed E-state index contributed by atoms with van der Waals surface area (Å²) >= 11 is 1.27. The van der Waals surface area contributed by atoms with Crippen LogP contribution in [0.25, 0.3) is 17.1 Å². The second-order valence-corrected chi connectivity index (χ2v) is 12.0. The minimum atomic E-state index is -4.39. The summed E-state index contributed by atoms with van der Waals surface area (Å²) in [6.45, 7) is 6.57. The van der Waals surface area contributed by atoms with Gasteiger partial charge in [-0.3, -0.25) is 9.69 Å². The third-order valence-corrected chi connectivity index (χ3v) is 8.27. The third-order valence-electron chi connectivity index (χ3n) is 7.34. The Morgan fingerprint density at radius 2 is 1.78 bits per heavy atom. The van der Waals surface area contributed by atoms with Crippen LogP contribution in [0.2, 0.25) is 0 Å². The number of amides is 3. The number of benzene rings is 3. The first-order valence-electron chi connectivity index (χ1n) is 14.6. The number of aliphatic imine (C=N–C) groups is 1. The zero-order chi connectivity index (χ0) is 32.1. The number of carbonyl (C=O) groups excluding carboxylic acids is 2. The predicted octanol–water partition coefficient (Wildman–Crippen LogP) is 7.55. The molecule has 1 aromatic heterocycles. The molecular weight excluding hydrogens is 601 g/mol. The van der Waals surface area contributed by atoms with E-state index < -0.39 is 17.8 Å². The van der Waals surface area contributed by atoms with Crippen molar-refractivity contribution in [2.24, 2.45) is 4.99 Å². The van der Waals surface area contributed by atoms with Gasteiger partial charge in [0.2, 0.25) is 5.91 Å². The first kappa shape index (κ1) is 32.0. The van der Waals surface area contributed by atoms with Crippen LogP contribution < -0.4 is 10.2 Å². The van der Waals surface area contributed by atoms with Gasteiger partial charge in [-0.15, -0.1) is 5.10 Å². The van der Waals surface area contributed by atoms with Crippen LogP contribution in [0.3, 0.4) is 0 Å². The van der Waals surface area contributed by atoms with Crippen LogP contribution in [0.1, 0.15) is 54.9 Å². The molecule has 234 valence electrons. The molecule has 1 saturated heterocycles. The van der Waals surface area contributed by atoms with Crippen LogP contribution in [-0.2, 0) is 17.4 Å². The van der Waals surface area contributed by atoms with Crippen molar-refractivity contribution >= 4 is 34.6 Å². The number of unbranched alkanes of at least 4 members (excludes halogenated alkanes) is 1. The number of nitrogens with zero attached hydrogens (tertiary/aromatic N) is 5. The zero-order valence-corrected chi connectivity index (χ0v) is 26.0. The van der Waals surface area contributed by atoms with Crippen molar-refractivity contribution in [1.82, 2.24) is 20.1 Å². The van der Waals surface area contributed by atoms with Gasteiger partial charge in [-0.05, 0) is 79.1 Å². The monoisotopic (exact) mass is 634 g/mol. The van der Waals surface area contributed by atoms with Gasteiger partial charge < -0.3 is 5.32 Å². The summed E-state index contributed by atoms with van der Waals surface area (Å²) in [6.07, 6.45) is -0.519. The number of urea groups is 1. The fraction of sp³-hybridized carbons (Fsp3) is 0.303. The van der Waals surface area contributed by atoms with Gasteiger partial charge in [0.1, 0.15) is 6.33 Å². The lowest BCUT2D eigenvalue weighted by atomic mass is 9.99. The smallest absolute Gasteiger partial charge is 0.336 e. The minimum Gasteiger partial charge on any atom is -0.336 e. The Morgan fingerprint density at radius 3 is 2.47 bits per heavy atom. The Hall–Kier alpha value is -4.45. The normalized spacial score (nSPS) is 14.5. The number of anilines is 1. The van der Waals surface area contributed by atoms with Gasteiger partial charge in [0.05, 0.1) is 22.7 Å². The number of rotatable bonds is 9. The standard InChI is InChI=1S/C33H33F3N6O2S/c1-21(2)27-16-7-22(3)18-28(27)42-29(43)19-45-32(42)39-31(44)37-17-5-4-6-23-8-10-24(11-9-23)30-38-20-41(40-30)26-14-12-25(13-15-26)33(34,35)36/h7-16,18,20-21H,4-6,17,19H2,1-3H3,(H,37,44)/b39-32-. The van der Waals surface area contributed by atoms with Crippen LogP contribution >= 0.6 is 11.8 Å². The largest absolute Gasteiger partial charge is 0.416 e. The molecule has 1 N–H and O–H groups in total. The van der Waals surface area contributed by atoms with Crippen molar-refractivity contribution in [3.8, 4) is 17.1 Å². The highest BCUT2D eigenvalue weighted by Gasteiger charge is 2.32. The van der Waals surface area contributed by atoms with Crippen molar-refractivity contribution in [2.75, 3.05) is 17.2 Å². The lowest BCUT2D eigenvalue weighted by Crippen LogP contribution is -2.32. The van der Waals surface area contributed by atoms with Crippen LogP contribution in [0.5, 0.6) is 0 Å². The molecule has 1 fully saturated rings. The van der Waals surface area contributed by atoms with Crippen molar-refractivity contribution in [3.05, 3.63) is 95.3 Å². The summed E-state index contributed by atoms with van der Waals surface area (Å²) in [5.74, 6) is 0.831. The summed E-state index contributed by atoms with van der Waals surface area (Å²) in [6, 6.07) is 18.1. The second-order valence-electron chi connectivity index (χ2n) is 11.1. The number of amidine groups is 1. The summed E-state index contributed by atoms with van der Waals surface area (Å²) < 4.78 is 40.0. The molecule has 5 rings (SSSR count). The number of hydrogen-bond donors (Lipinski definition) is 1. The van der Waals surface area contributed by atoms with E-state index in [0.717, 1.165) is 59.3 Å². The van der Waals surface area contributed by atoms with E-state index in [-0.39, 0.29) is 17.6 Å². The first-order chi connectivity index (χ1) is 21.5. The number of aryl methyl sites for hydroxylation is 2. The van der Waals surface area contributed by atoms with Crippen LogP contribution in [0.15, 0.2) is 78.0 Å². The van der Waals surface area contributed by atoms with Crippen LogP contribution in [-0.4, -0.2) is 44.2 Å². The molecule has 1 aliphatic rings. The van der Waals surface area contributed by atoms with E-state index in [4.69, 9.17) is 0 Å². The summed E-state index contributed by atoms with van der Waals surface area (Å²) in [5, 5.41) is 7.63. The number of thioether (sulfide) groups is 1. The SMILES string of the molecule is Cc1ccc(C(C)C)c(N2C(=O)CS/C2=N\C(=O)NCCCCc2ccc(-c3ncn(-c4ccc(C(F)(F)F)cc4)n3)cc2)c1. The van der Waals surface area contributed by atoms with Gasteiger partial charge in [-0.1, -0.05) is 62.0 Å². The highest BCUT2D eigenvalue weighted by atomic mass is 32.2. The van der Waals surface area contributed by atoms with Crippen molar-refractivity contribution in [3.63, 3.8) is 0 Å². The number of halogens is 3. The molecule has 8 nitrogen and oxygen atoms in total. The molecule has 12 heteroatoms. The number of aromatic nitrogens is 3. The van der Waals surface area contributed by atoms with Crippen molar-refractivity contribution < 1.29 is 22.8 Å². The van der Waals surface area contributed by atoms with E-state index in [9.17, 15) is 22.8 Å². The van der Waals surface area contributed by atoms with E-state index in [1.54, 1.807) is 4.90 Å². The Morgan fingerprint density at radius 1 is 1.04 bits per heavy atom. The Balaban J connectivity index is 1.10. The van der Waals surface area contributed by atoms with Crippen molar-refractivity contribution in [1.29, 1.82) is 0 Å². The molecular formula is C33H33F3N6O2S. The number of carbonyl (C=O) groups is 2. The van der Waals surface area contributed by atoms with Gasteiger partial charge >= 0.3 is 12.2 Å². The fourth-order valence-electron chi connectivity index (χ4n) is 4.94. The summed E-state index contributed by atoms with van der Waals surface area (Å²) in [4.78, 5) is 35.4. The average Bonchev–Trinajstić information content (AvgIpc) is 3.64. The molecule has 45 heavy (non-hydrogen) atoms. The molecule has 3 amide bonds. The molecule has 2 heterocycles. The number of nitrogens with one attached hydrogen (secondary N) is 1. The average molecular weight is 635 g/mol. The molecule has 3 aromatic carbocycles. The lowest BCUT2D eigenvalue weighted by Gasteiger charge is -2.22. The maximum atomic E-state index is 12.8. The molecule has 0 bridgehead atoms. The predicted molar refractivity (Wildman–Crippen MR) is 171 cm³/mol. The molecule has 0 aliphatic carbocycles. The molecule has 0 atom stereocenters. The van der Waals surface area contributed by atoms with E-state index in [1.807, 2.05) is 49.4 Å². The fourth-order valence-corrected chi connectivity index (χ4v) is 5.79. The van der Waals surface area contributed by atoms with E-state index in [2.05, 4.69) is 34.2 Å². The van der Waals surface area contributed by atoms with Gasteiger partial charge in [0, 0.05) is 12.1 Å². The second kappa shape index (κ2) is 13.7. The van der Waals surface area contributed by atoms with Gasteiger partial charge in [0.15, 0.2) is 11.0 Å².